The Hall–Kier alpha value is -2.04. The molecule has 0 atom stereocenters. The van der Waals surface area contributed by atoms with E-state index in [1.54, 1.807) is 0 Å². The van der Waals surface area contributed by atoms with Crippen LogP contribution < -0.4 is 11.5 Å². The maximum atomic E-state index is 5.65. The van der Waals surface area contributed by atoms with E-state index in [2.05, 4.69) is 43.1 Å². The molecule has 0 aliphatic rings. The third-order valence-corrected chi connectivity index (χ3v) is 3.38. The van der Waals surface area contributed by atoms with Crippen LogP contribution >= 0.6 is 0 Å². The number of nitrogens with two attached hydrogens (primary N) is 2. The van der Waals surface area contributed by atoms with Gasteiger partial charge in [0.2, 0.25) is 0 Å². The van der Waals surface area contributed by atoms with Gasteiger partial charge in [-0.3, -0.25) is 0 Å². The highest BCUT2D eigenvalue weighted by molar-refractivity contribution is 5.39. The van der Waals surface area contributed by atoms with Gasteiger partial charge < -0.3 is 21.3 Å². The second-order valence-electron chi connectivity index (χ2n) is 6.05. The lowest BCUT2D eigenvalue weighted by molar-refractivity contribution is 0.294. The van der Waals surface area contributed by atoms with Gasteiger partial charge in [0.1, 0.15) is 0 Å². The van der Waals surface area contributed by atoms with E-state index in [4.69, 9.17) is 11.5 Å². The molecule has 4 nitrogen and oxygen atoms in total. The van der Waals surface area contributed by atoms with E-state index in [9.17, 15) is 0 Å². The van der Waals surface area contributed by atoms with Gasteiger partial charge in [0.15, 0.2) is 0 Å². The van der Waals surface area contributed by atoms with Gasteiger partial charge in [-0.1, -0.05) is 30.3 Å². The molecule has 0 saturated carbocycles. The average Bonchev–Trinajstić information content (AvgIpc) is 2.51. The van der Waals surface area contributed by atoms with Gasteiger partial charge in [-0.05, 0) is 70.5 Å². The van der Waals surface area contributed by atoms with Crippen LogP contribution in [0.3, 0.4) is 0 Å². The molecular weight excluding hydrogens is 284 g/mol. The van der Waals surface area contributed by atoms with Crippen LogP contribution in [0.4, 0.5) is 11.4 Å². The SMILES string of the molecule is CN(C)CCCN(C)Cc1ccc(N)cc1.Nc1ccccc1. The van der Waals surface area contributed by atoms with Crippen molar-refractivity contribution >= 4 is 11.4 Å². The molecule has 0 unspecified atom stereocenters. The fourth-order valence-electron chi connectivity index (χ4n) is 2.12. The van der Waals surface area contributed by atoms with Gasteiger partial charge in [-0.25, -0.2) is 0 Å². The smallest absolute Gasteiger partial charge is 0.0314 e. The van der Waals surface area contributed by atoms with Crippen molar-refractivity contribution in [2.75, 3.05) is 45.7 Å². The van der Waals surface area contributed by atoms with E-state index in [0.717, 1.165) is 31.0 Å². The van der Waals surface area contributed by atoms with E-state index >= 15 is 0 Å². The van der Waals surface area contributed by atoms with E-state index in [1.807, 2.05) is 42.5 Å². The number of nitrogens with zero attached hydrogens (tertiary/aromatic N) is 2. The highest BCUT2D eigenvalue weighted by atomic mass is 15.1. The maximum Gasteiger partial charge on any atom is 0.0314 e. The second kappa shape index (κ2) is 10.6. The van der Waals surface area contributed by atoms with Crippen LogP contribution in [0.5, 0.6) is 0 Å². The molecule has 0 aliphatic carbocycles. The number of para-hydroxylation sites is 1. The van der Waals surface area contributed by atoms with Gasteiger partial charge in [0.25, 0.3) is 0 Å². The Kier molecular flexibility index (Phi) is 8.80. The van der Waals surface area contributed by atoms with Crippen molar-refractivity contribution in [3.8, 4) is 0 Å². The molecule has 0 bridgehead atoms. The zero-order valence-corrected chi connectivity index (χ0v) is 14.6. The van der Waals surface area contributed by atoms with Crippen LogP contribution in [0.1, 0.15) is 12.0 Å². The Labute approximate surface area is 140 Å². The maximum absolute atomic E-state index is 5.65. The first-order valence-corrected chi connectivity index (χ1v) is 7.95. The second-order valence-corrected chi connectivity index (χ2v) is 6.05. The average molecular weight is 314 g/mol. The van der Waals surface area contributed by atoms with Crippen LogP contribution in [0.25, 0.3) is 0 Å². The molecule has 0 saturated heterocycles. The number of anilines is 2. The minimum absolute atomic E-state index is 0.822. The first-order chi connectivity index (χ1) is 11.0. The van der Waals surface area contributed by atoms with E-state index in [-0.39, 0.29) is 0 Å². The summed E-state index contributed by atoms with van der Waals surface area (Å²) in [6.07, 6.45) is 1.21. The Morgan fingerprint density at radius 1 is 0.739 bits per heavy atom. The van der Waals surface area contributed by atoms with Crippen molar-refractivity contribution in [2.24, 2.45) is 0 Å². The molecule has 0 heterocycles. The van der Waals surface area contributed by atoms with E-state index in [0.29, 0.717) is 0 Å². The summed E-state index contributed by atoms with van der Waals surface area (Å²) in [5.41, 5.74) is 14.0. The molecule has 0 spiro atoms. The zero-order valence-electron chi connectivity index (χ0n) is 14.6. The van der Waals surface area contributed by atoms with Gasteiger partial charge in [-0.15, -0.1) is 0 Å². The van der Waals surface area contributed by atoms with Gasteiger partial charge >= 0.3 is 0 Å². The predicted molar refractivity (Wildman–Crippen MR) is 101 cm³/mol. The fourth-order valence-corrected chi connectivity index (χ4v) is 2.12. The van der Waals surface area contributed by atoms with Crippen LogP contribution in [0.15, 0.2) is 54.6 Å². The molecule has 23 heavy (non-hydrogen) atoms. The van der Waals surface area contributed by atoms with E-state index < -0.39 is 0 Å². The molecule has 0 radical (unpaired) electrons. The fraction of sp³-hybridized carbons (Fsp3) is 0.368. The van der Waals surface area contributed by atoms with Crippen LogP contribution in [0, 0.1) is 0 Å². The Bertz CT molecular complexity index is 523. The predicted octanol–water partition coefficient (Wildman–Crippen LogP) is 2.92. The number of nitrogen functional groups attached to an aromatic ring is 2. The zero-order chi connectivity index (χ0) is 17.1. The summed E-state index contributed by atoms with van der Waals surface area (Å²) in [6, 6.07) is 17.6. The van der Waals surface area contributed by atoms with Gasteiger partial charge in [-0.2, -0.15) is 0 Å². The highest BCUT2D eigenvalue weighted by Crippen LogP contribution is 2.07. The van der Waals surface area contributed by atoms with Crippen molar-refractivity contribution in [1.82, 2.24) is 9.80 Å². The molecule has 2 rings (SSSR count). The minimum atomic E-state index is 0.822. The molecule has 0 amide bonds. The third-order valence-electron chi connectivity index (χ3n) is 3.38. The summed E-state index contributed by atoms with van der Waals surface area (Å²) in [5.74, 6) is 0. The number of rotatable bonds is 6. The van der Waals surface area contributed by atoms with Crippen LogP contribution in [-0.2, 0) is 6.54 Å². The molecule has 2 aromatic rings. The standard InChI is InChI=1S/C13H23N3.C6H7N/c1-15(2)9-4-10-16(3)11-12-5-7-13(14)8-6-12;7-6-4-2-1-3-5-6/h5-8H,4,9-11,14H2,1-3H3;1-5H,7H2. The normalized spacial score (nSPS) is 10.5. The topological polar surface area (TPSA) is 58.5 Å². The Balaban J connectivity index is 0.000000313. The first kappa shape index (κ1) is 19.0. The first-order valence-electron chi connectivity index (χ1n) is 7.95. The summed E-state index contributed by atoms with van der Waals surface area (Å²) < 4.78 is 0. The van der Waals surface area contributed by atoms with Crippen LogP contribution in [0.2, 0.25) is 0 Å². The van der Waals surface area contributed by atoms with Crippen molar-refractivity contribution in [3.63, 3.8) is 0 Å². The number of benzene rings is 2. The summed E-state index contributed by atoms with van der Waals surface area (Å²) in [5, 5.41) is 0. The molecule has 0 fully saturated rings. The Morgan fingerprint density at radius 3 is 1.78 bits per heavy atom. The molecular formula is C19H30N4. The summed E-state index contributed by atoms with van der Waals surface area (Å²) >= 11 is 0. The lowest BCUT2D eigenvalue weighted by Gasteiger charge is -2.18. The Morgan fingerprint density at radius 2 is 1.30 bits per heavy atom. The van der Waals surface area contributed by atoms with Crippen LogP contribution in [-0.4, -0.2) is 44.0 Å². The van der Waals surface area contributed by atoms with Crippen molar-refractivity contribution < 1.29 is 0 Å². The molecule has 4 N–H and O–H groups in total. The summed E-state index contributed by atoms with van der Waals surface area (Å²) in [6.45, 7) is 3.27. The summed E-state index contributed by atoms with van der Waals surface area (Å²) in [4.78, 5) is 4.56. The van der Waals surface area contributed by atoms with Gasteiger partial charge in [0.05, 0.1) is 0 Å². The lowest BCUT2D eigenvalue weighted by atomic mass is 10.2. The molecule has 0 aromatic heterocycles. The minimum Gasteiger partial charge on any atom is -0.399 e. The van der Waals surface area contributed by atoms with Crippen molar-refractivity contribution in [1.29, 1.82) is 0 Å². The largest absolute Gasteiger partial charge is 0.399 e. The molecule has 2 aromatic carbocycles. The number of hydrogen-bond acceptors (Lipinski definition) is 4. The highest BCUT2D eigenvalue weighted by Gasteiger charge is 2.00. The number of hydrogen-bond donors (Lipinski definition) is 2. The lowest BCUT2D eigenvalue weighted by Crippen LogP contribution is -2.23. The van der Waals surface area contributed by atoms with E-state index in [1.165, 1.54) is 12.0 Å². The van der Waals surface area contributed by atoms with Gasteiger partial charge in [0, 0.05) is 17.9 Å². The molecule has 126 valence electrons. The molecule has 0 aliphatic heterocycles. The summed E-state index contributed by atoms with van der Waals surface area (Å²) in [7, 11) is 6.38. The van der Waals surface area contributed by atoms with Crippen molar-refractivity contribution in [2.45, 2.75) is 13.0 Å². The van der Waals surface area contributed by atoms with Crippen molar-refractivity contribution in [3.05, 3.63) is 60.2 Å². The quantitative estimate of drug-likeness (QED) is 0.805. The molecule has 4 heteroatoms. The third kappa shape index (κ3) is 9.55. The monoisotopic (exact) mass is 314 g/mol.